The predicted octanol–water partition coefficient (Wildman–Crippen LogP) is 3.04. The Morgan fingerprint density at radius 1 is 1.35 bits per heavy atom. The minimum absolute atomic E-state index is 0.0593. The molecule has 142 valence electrons. The van der Waals surface area contributed by atoms with Crippen LogP contribution in [0.1, 0.15) is 38.2 Å². The first-order valence-corrected chi connectivity index (χ1v) is 8.98. The van der Waals surface area contributed by atoms with Crippen LogP contribution in [0.15, 0.2) is 33.3 Å². The lowest BCUT2D eigenvalue weighted by molar-refractivity contribution is 0.0500. The fraction of sp³-hybridized carbons (Fsp3) is 0.471. The number of aliphatic hydroxyl groups is 1. The Hall–Kier alpha value is -2.13. The van der Waals surface area contributed by atoms with E-state index in [0.717, 1.165) is 10.0 Å². The molecule has 0 aliphatic rings. The topological polar surface area (TPSA) is 110 Å². The van der Waals surface area contributed by atoms with Crippen LogP contribution in [0.4, 0.5) is 10.8 Å². The molecular weight excluding hydrogens is 404 g/mol. The van der Waals surface area contributed by atoms with Gasteiger partial charge in [-0.2, -0.15) is 4.98 Å². The van der Waals surface area contributed by atoms with Gasteiger partial charge in [0.2, 0.25) is 0 Å². The van der Waals surface area contributed by atoms with Gasteiger partial charge in [0.05, 0.1) is 12.6 Å². The van der Waals surface area contributed by atoms with E-state index >= 15 is 0 Å². The Labute approximate surface area is 160 Å². The first-order valence-electron chi connectivity index (χ1n) is 8.19. The average Bonchev–Trinajstić information content (AvgIpc) is 3.01. The fourth-order valence-corrected chi connectivity index (χ4v) is 2.39. The number of ether oxygens (including phenoxy) is 1. The Morgan fingerprint density at radius 3 is 2.65 bits per heavy atom. The van der Waals surface area contributed by atoms with Crippen LogP contribution in [0.25, 0.3) is 0 Å². The molecule has 0 saturated carbocycles. The van der Waals surface area contributed by atoms with Crippen molar-refractivity contribution in [1.82, 2.24) is 15.5 Å². The SMILES string of the molecule is CC(C)(C)OC(=O)N[C@@H](Cc1ccc(Br)cc1)c1noc(NCCO)n1. The van der Waals surface area contributed by atoms with E-state index in [2.05, 4.69) is 36.7 Å². The Balaban J connectivity index is 2.15. The van der Waals surface area contributed by atoms with Crippen molar-refractivity contribution in [3.8, 4) is 0 Å². The van der Waals surface area contributed by atoms with Gasteiger partial charge in [-0.05, 0) is 38.5 Å². The Morgan fingerprint density at radius 2 is 2.04 bits per heavy atom. The molecule has 2 rings (SSSR count). The molecule has 0 spiro atoms. The number of rotatable bonds is 7. The van der Waals surface area contributed by atoms with Crippen molar-refractivity contribution < 1.29 is 19.2 Å². The summed E-state index contributed by atoms with van der Waals surface area (Å²) < 4.78 is 11.4. The first-order chi connectivity index (χ1) is 12.3. The lowest BCUT2D eigenvalue weighted by Crippen LogP contribution is -2.36. The number of benzene rings is 1. The highest BCUT2D eigenvalue weighted by atomic mass is 79.9. The van der Waals surface area contributed by atoms with Gasteiger partial charge in [0, 0.05) is 17.4 Å². The zero-order valence-electron chi connectivity index (χ0n) is 15.0. The minimum atomic E-state index is -0.614. The number of aliphatic hydroxyl groups excluding tert-OH is 1. The summed E-state index contributed by atoms with van der Waals surface area (Å²) >= 11 is 3.40. The molecule has 1 aromatic carbocycles. The molecule has 0 aliphatic heterocycles. The summed E-state index contributed by atoms with van der Waals surface area (Å²) in [6.07, 6.45) is -0.0971. The standard InChI is InChI=1S/C17H23BrN4O4/c1-17(2,3)25-16(24)20-13(10-11-4-6-12(18)7-5-11)14-21-15(26-22-14)19-8-9-23/h4-7,13,23H,8-10H2,1-3H3,(H,20,24)(H,19,21,22)/t13-/m0/s1. The molecule has 0 unspecified atom stereocenters. The Kier molecular flexibility index (Phi) is 6.98. The summed E-state index contributed by atoms with van der Waals surface area (Å²) in [6, 6.07) is 7.38. The van der Waals surface area contributed by atoms with Gasteiger partial charge in [-0.3, -0.25) is 0 Å². The van der Waals surface area contributed by atoms with Crippen LogP contribution in [0.3, 0.4) is 0 Å². The van der Waals surface area contributed by atoms with E-state index in [1.54, 1.807) is 20.8 Å². The van der Waals surface area contributed by atoms with Crippen molar-refractivity contribution in [2.24, 2.45) is 0 Å². The maximum Gasteiger partial charge on any atom is 0.408 e. The van der Waals surface area contributed by atoms with Crippen LogP contribution in [0, 0.1) is 0 Å². The van der Waals surface area contributed by atoms with E-state index < -0.39 is 17.7 Å². The molecule has 26 heavy (non-hydrogen) atoms. The predicted molar refractivity (Wildman–Crippen MR) is 99.8 cm³/mol. The summed E-state index contributed by atoms with van der Waals surface area (Å²) in [5, 5.41) is 18.4. The number of nitrogens with one attached hydrogen (secondary N) is 2. The second-order valence-corrected chi connectivity index (χ2v) is 7.55. The molecule has 1 atom stereocenters. The van der Waals surface area contributed by atoms with Gasteiger partial charge >= 0.3 is 12.1 Å². The van der Waals surface area contributed by atoms with Crippen LogP contribution in [0.2, 0.25) is 0 Å². The van der Waals surface area contributed by atoms with E-state index in [4.69, 9.17) is 14.4 Å². The minimum Gasteiger partial charge on any atom is -0.444 e. The Bertz CT molecular complexity index is 712. The lowest BCUT2D eigenvalue weighted by atomic mass is 10.1. The van der Waals surface area contributed by atoms with E-state index in [0.29, 0.717) is 18.8 Å². The number of carbonyl (C=O) groups is 1. The number of anilines is 1. The highest BCUT2D eigenvalue weighted by molar-refractivity contribution is 9.10. The van der Waals surface area contributed by atoms with Gasteiger partial charge in [0.1, 0.15) is 5.60 Å². The smallest absolute Gasteiger partial charge is 0.408 e. The van der Waals surface area contributed by atoms with Crippen LogP contribution in [0.5, 0.6) is 0 Å². The third-order valence-corrected chi connectivity index (χ3v) is 3.71. The van der Waals surface area contributed by atoms with Crippen molar-refractivity contribution in [1.29, 1.82) is 0 Å². The maximum absolute atomic E-state index is 12.2. The molecule has 0 bridgehead atoms. The third kappa shape index (κ3) is 6.64. The molecule has 0 saturated heterocycles. The summed E-state index contributed by atoms with van der Waals surface area (Å²) in [4.78, 5) is 16.4. The summed E-state index contributed by atoms with van der Waals surface area (Å²) in [6.45, 7) is 5.61. The number of halogens is 1. The van der Waals surface area contributed by atoms with Crippen molar-refractivity contribution in [2.45, 2.75) is 38.8 Å². The van der Waals surface area contributed by atoms with E-state index in [-0.39, 0.29) is 12.6 Å². The van der Waals surface area contributed by atoms with E-state index in [9.17, 15) is 4.79 Å². The second kappa shape index (κ2) is 9.00. The number of carbonyl (C=O) groups excluding carboxylic acids is 1. The number of amides is 1. The van der Waals surface area contributed by atoms with Gasteiger partial charge in [0.25, 0.3) is 0 Å². The average molecular weight is 427 g/mol. The fourth-order valence-electron chi connectivity index (χ4n) is 2.12. The molecule has 1 aromatic heterocycles. The van der Waals surface area contributed by atoms with Crippen LogP contribution in [-0.4, -0.2) is 40.1 Å². The van der Waals surface area contributed by atoms with Crippen LogP contribution < -0.4 is 10.6 Å². The zero-order chi connectivity index (χ0) is 19.2. The van der Waals surface area contributed by atoms with Gasteiger partial charge < -0.3 is 25.0 Å². The summed E-state index contributed by atoms with van der Waals surface area (Å²) in [7, 11) is 0. The number of aromatic nitrogens is 2. The van der Waals surface area contributed by atoms with Gasteiger partial charge in [-0.25, -0.2) is 4.79 Å². The number of hydrogen-bond donors (Lipinski definition) is 3. The molecule has 3 N–H and O–H groups in total. The van der Waals surface area contributed by atoms with Crippen molar-refractivity contribution in [3.05, 3.63) is 40.1 Å². The van der Waals surface area contributed by atoms with Gasteiger partial charge in [0.15, 0.2) is 5.82 Å². The van der Waals surface area contributed by atoms with Crippen molar-refractivity contribution in [3.63, 3.8) is 0 Å². The van der Waals surface area contributed by atoms with Gasteiger partial charge in [-0.1, -0.05) is 33.2 Å². The van der Waals surface area contributed by atoms with E-state index in [1.807, 2.05) is 24.3 Å². The molecule has 8 nitrogen and oxygen atoms in total. The normalized spacial score (nSPS) is 12.5. The maximum atomic E-state index is 12.2. The second-order valence-electron chi connectivity index (χ2n) is 6.64. The van der Waals surface area contributed by atoms with Crippen LogP contribution >= 0.6 is 15.9 Å². The van der Waals surface area contributed by atoms with Crippen molar-refractivity contribution in [2.75, 3.05) is 18.5 Å². The lowest BCUT2D eigenvalue weighted by Gasteiger charge is -2.22. The summed E-state index contributed by atoms with van der Waals surface area (Å²) in [5.41, 5.74) is 0.376. The first kappa shape index (κ1) is 20.2. The molecule has 2 aromatic rings. The van der Waals surface area contributed by atoms with Crippen LogP contribution in [-0.2, 0) is 11.2 Å². The van der Waals surface area contributed by atoms with Gasteiger partial charge in [-0.15, -0.1) is 0 Å². The molecule has 1 heterocycles. The summed E-state index contributed by atoms with van der Waals surface area (Å²) in [5.74, 6) is 0.319. The molecular formula is C17H23BrN4O4. The van der Waals surface area contributed by atoms with E-state index in [1.165, 1.54) is 0 Å². The molecule has 0 radical (unpaired) electrons. The zero-order valence-corrected chi connectivity index (χ0v) is 16.5. The van der Waals surface area contributed by atoms with Crippen molar-refractivity contribution >= 4 is 28.0 Å². The highest BCUT2D eigenvalue weighted by Crippen LogP contribution is 2.20. The monoisotopic (exact) mass is 426 g/mol. The number of nitrogens with zero attached hydrogens (tertiary/aromatic N) is 2. The third-order valence-electron chi connectivity index (χ3n) is 3.19. The largest absolute Gasteiger partial charge is 0.444 e. The highest BCUT2D eigenvalue weighted by Gasteiger charge is 2.24. The molecule has 0 aliphatic carbocycles. The molecule has 9 heteroatoms. The number of hydrogen-bond acceptors (Lipinski definition) is 7. The quantitative estimate of drug-likeness (QED) is 0.623. The number of alkyl carbamates (subject to hydrolysis) is 1. The molecule has 0 fully saturated rings. The molecule has 1 amide bonds.